The van der Waals surface area contributed by atoms with Crippen LogP contribution in [0.2, 0.25) is 0 Å². The van der Waals surface area contributed by atoms with Gasteiger partial charge in [-0.2, -0.15) is 0 Å². The molecule has 5 heteroatoms. The molecule has 0 radical (unpaired) electrons. The van der Waals surface area contributed by atoms with E-state index in [0.29, 0.717) is 10.8 Å². The Balaban J connectivity index is 1.57. The molecule has 0 spiro atoms. The van der Waals surface area contributed by atoms with Crippen molar-refractivity contribution in [3.05, 3.63) is 21.4 Å². The minimum absolute atomic E-state index is 0.0456. The molecular formula is C16H22N2O2S. The summed E-state index contributed by atoms with van der Waals surface area (Å²) >= 11 is 1.57. The molecule has 1 heterocycles. The number of amides is 2. The number of aryl methyl sites for hydroxylation is 1. The lowest BCUT2D eigenvalue weighted by molar-refractivity contribution is -0.125. The molecule has 0 aliphatic heterocycles. The summed E-state index contributed by atoms with van der Waals surface area (Å²) < 4.78 is 0. The molecule has 114 valence electrons. The Kier molecular flexibility index (Phi) is 4.29. The van der Waals surface area contributed by atoms with E-state index in [0.717, 1.165) is 38.5 Å². The smallest absolute Gasteiger partial charge is 0.273 e. The summed E-state index contributed by atoms with van der Waals surface area (Å²) in [6.07, 6.45) is 7.44. The van der Waals surface area contributed by atoms with Gasteiger partial charge in [0.05, 0.1) is 4.88 Å². The number of hydrogen-bond donors (Lipinski definition) is 2. The average molecular weight is 306 g/mol. The summed E-state index contributed by atoms with van der Waals surface area (Å²) in [4.78, 5) is 26.1. The molecule has 1 fully saturated rings. The third-order valence-corrected chi connectivity index (χ3v) is 5.81. The van der Waals surface area contributed by atoms with Crippen molar-refractivity contribution in [2.45, 2.75) is 51.9 Å². The highest BCUT2D eigenvalue weighted by Gasteiger charge is 2.24. The molecule has 1 aromatic rings. The van der Waals surface area contributed by atoms with Crippen molar-refractivity contribution in [1.82, 2.24) is 10.9 Å². The summed E-state index contributed by atoms with van der Waals surface area (Å²) in [6, 6.07) is 1.99. The molecule has 0 bridgehead atoms. The molecule has 1 aromatic heterocycles. The lowest BCUT2D eigenvalue weighted by Gasteiger charge is -2.16. The molecule has 0 aromatic carbocycles. The monoisotopic (exact) mass is 306 g/mol. The van der Waals surface area contributed by atoms with Crippen molar-refractivity contribution < 1.29 is 9.59 Å². The fourth-order valence-corrected chi connectivity index (χ4v) is 4.39. The van der Waals surface area contributed by atoms with Crippen molar-refractivity contribution in [3.8, 4) is 0 Å². The predicted octanol–water partition coefficient (Wildman–Crippen LogP) is 2.82. The number of carbonyl (C=O) groups is 2. The van der Waals surface area contributed by atoms with Crippen LogP contribution in [0.1, 0.15) is 59.1 Å². The molecule has 1 atom stereocenters. The third kappa shape index (κ3) is 3.28. The minimum Gasteiger partial charge on any atom is -0.273 e. The molecule has 3 rings (SSSR count). The first-order valence-corrected chi connectivity index (χ1v) is 8.67. The second kappa shape index (κ2) is 6.18. The molecule has 2 aliphatic carbocycles. The van der Waals surface area contributed by atoms with E-state index in [1.165, 1.54) is 16.9 Å². The summed E-state index contributed by atoms with van der Waals surface area (Å²) in [5.74, 6) is 0.539. The normalized spacial score (nSPS) is 21.9. The quantitative estimate of drug-likeness (QED) is 0.826. The van der Waals surface area contributed by atoms with E-state index in [4.69, 9.17) is 0 Å². The lowest BCUT2D eigenvalue weighted by atomic mass is 9.90. The van der Waals surface area contributed by atoms with Crippen LogP contribution in [0, 0.1) is 11.8 Å². The molecule has 2 N–H and O–H groups in total. The van der Waals surface area contributed by atoms with Crippen molar-refractivity contribution in [3.63, 3.8) is 0 Å². The number of carbonyl (C=O) groups excluding carboxylic acids is 2. The first-order chi connectivity index (χ1) is 10.1. The van der Waals surface area contributed by atoms with Gasteiger partial charge in [-0.15, -0.1) is 11.3 Å². The molecular weight excluding hydrogens is 284 g/mol. The lowest BCUT2D eigenvalue weighted by Crippen LogP contribution is -2.43. The highest BCUT2D eigenvalue weighted by Crippen LogP contribution is 2.32. The number of hydrogen-bond acceptors (Lipinski definition) is 3. The summed E-state index contributed by atoms with van der Waals surface area (Å²) in [5, 5.41) is 0. The van der Waals surface area contributed by atoms with Crippen LogP contribution in [-0.2, 0) is 17.6 Å². The van der Waals surface area contributed by atoms with Gasteiger partial charge in [-0.25, -0.2) is 0 Å². The van der Waals surface area contributed by atoms with Crippen molar-refractivity contribution in [1.29, 1.82) is 0 Å². The second-order valence-electron chi connectivity index (χ2n) is 6.33. The molecule has 2 amide bonds. The number of hydrazine groups is 1. The van der Waals surface area contributed by atoms with Gasteiger partial charge in [0, 0.05) is 10.8 Å². The Bertz CT molecular complexity index is 546. The van der Waals surface area contributed by atoms with Gasteiger partial charge in [-0.3, -0.25) is 20.4 Å². The summed E-state index contributed by atoms with van der Waals surface area (Å²) in [6.45, 7) is 2.25. The van der Waals surface area contributed by atoms with Crippen LogP contribution in [0.5, 0.6) is 0 Å². The first kappa shape index (κ1) is 14.6. The Morgan fingerprint density at radius 1 is 1.19 bits per heavy atom. The van der Waals surface area contributed by atoms with Crippen LogP contribution in [0.4, 0.5) is 0 Å². The second-order valence-corrected chi connectivity index (χ2v) is 7.47. The Labute approximate surface area is 129 Å². The Morgan fingerprint density at radius 3 is 2.71 bits per heavy atom. The maximum absolute atomic E-state index is 12.1. The van der Waals surface area contributed by atoms with E-state index in [-0.39, 0.29) is 17.7 Å². The zero-order valence-corrected chi connectivity index (χ0v) is 13.2. The van der Waals surface area contributed by atoms with Gasteiger partial charge < -0.3 is 0 Å². The van der Waals surface area contributed by atoms with Gasteiger partial charge >= 0.3 is 0 Å². The van der Waals surface area contributed by atoms with E-state index >= 15 is 0 Å². The van der Waals surface area contributed by atoms with Gasteiger partial charge in [-0.1, -0.05) is 19.8 Å². The summed E-state index contributed by atoms with van der Waals surface area (Å²) in [5.41, 5.74) is 6.46. The molecule has 0 saturated heterocycles. The van der Waals surface area contributed by atoms with E-state index < -0.39 is 0 Å². The molecule has 2 aliphatic rings. The van der Waals surface area contributed by atoms with Crippen LogP contribution in [0.3, 0.4) is 0 Å². The van der Waals surface area contributed by atoms with Crippen LogP contribution in [-0.4, -0.2) is 11.8 Å². The molecule has 21 heavy (non-hydrogen) atoms. The van der Waals surface area contributed by atoms with Gasteiger partial charge in [0.1, 0.15) is 0 Å². The summed E-state index contributed by atoms with van der Waals surface area (Å²) in [7, 11) is 0. The standard InChI is InChI=1S/C16H22N2O2S/c1-10-6-7-13-12(8-10)9-14(21-13)16(20)18-17-15(19)11-4-2-3-5-11/h9-11H,2-8H2,1H3,(H,17,19)(H,18,20). The number of rotatable bonds is 2. The molecule has 1 saturated carbocycles. The van der Waals surface area contributed by atoms with Gasteiger partial charge in [-0.05, 0) is 49.7 Å². The van der Waals surface area contributed by atoms with Crippen LogP contribution < -0.4 is 10.9 Å². The average Bonchev–Trinajstić information content (AvgIpc) is 3.12. The number of nitrogens with one attached hydrogen (secondary N) is 2. The fourth-order valence-electron chi connectivity index (χ4n) is 3.29. The van der Waals surface area contributed by atoms with Gasteiger partial charge in [0.15, 0.2) is 0 Å². The number of fused-ring (bicyclic) bond motifs is 1. The van der Waals surface area contributed by atoms with Crippen molar-refractivity contribution in [2.24, 2.45) is 11.8 Å². The van der Waals surface area contributed by atoms with Crippen LogP contribution in [0.25, 0.3) is 0 Å². The molecule has 1 unspecified atom stereocenters. The maximum Gasteiger partial charge on any atom is 0.279 e. The van der Waals surface area contributed by atoms with E-state index in [9.17, 15) is 9.59 Å². The third-order valence-electron chi connectivity index (χ3n) is 4.58. The zero-order valence-electron chi connectivity index (χ0n) is 12.4. The first-order valence-electron chi connectivity index (χ1n) is 7.85. The van der Waals surface area contributed by atoms with E-state index in [1.807, 2.05) is 6.07 Å². The largest absolute Gasteiger partial charge is 0.279 e. The van der Waals surface area contributed by atoms with Crippen LogP contribution in [0.15, 0.2) is 6.07 Å². The van der Waals surface area contributed by atoms with E-state index in [2.05, 4.69) is 17.8 Å². The number of thiophene rings is 1. The zero-order chi connectivity index (χ0) is 14.8. The van der Waals surface area contributed by atoms with Crippen molar-refractivity contribution >= 4 is 23.2 Å². The topological polar surface area (TPSA) is 58.2 Å². The minimum atomic E-state index is -0.187. The van der Waals surface area contributed by atoms with Crippen LogP contribution >= 0.6 is 11.3 Å². The van der Waals surface area contributed by atoms with Gasteiger partial charge in [0.25, 0.3) is 5.91 Å². The Morgan fingerprint density at radius 2 is 1.95 bits per heavy atom. The van der Waals surface area contributed by atoms with Gasteiger partial charge in [0.2, 0.25) is 5.91 Å². The van der Waals surface area contributed by atoms with Crippen molar-refractivity contribution in [2.75, 3.05) is 0 Å². The predicted molar refractivity (Wildman–Crippen MR) is 83.1 cm³/mol. The van der Waals surface area contributed by atoms with E-state index in [1.54, 1.807) is 11.3 Å². The SMILES string of the molecule is CC1CCc2sc(C(=O)NNC(=O)C3CCCC3)cc2C1. The fraction of sp³-hybridized carbons (Fsp3) is 0.625. The Hall–Kier alpha value is -1.36. The maximum atomic E-state index is 12.1. The molecule has 4 nitrogen and oxygen atoms in total. The highest BCUT2D eigenvalue weighted by atomic mass is 32.1. The highest BCUT2D eigenvalue weighted by molar-refractivity contribution is 7.14.